The van der Waals surface area contributed by atoms with Gasteiger partial charge in [0.05, 0.1) is 0 Å². The molecule has 2 atom stereocenters. The van der Waals surface area contributed by atoms with Gasteiger partial charge in [0.2, 0.25) is 5.91 Å². The first kappa shape index (κ1) is 13.1. The third-order valence-electron chi connectivity index (χ3n) is 4.28. The van der Waals surface area contributed by atoms with Crippen LogP contribution >= 0.6 is 0 Å². The number of carbonyl (C=O) groups excluding carboxylic acids is 1. The van der Waals surface area contributed by atoms with Crippen molar-refractivity contribution in [2.24, 2.45) is 22.2 Å². The monoisotopic (exact) mass is 254 g/mol. The molecular formula is C12H22N4O2. The van der Waals surface area contributed by atoms with Crippen molar-refractivity contribution in [1.82, 2.24) is 9.80 Å². The number of rotatable bonds is 3. The van der Waals surface area contributed by atoms with Crippen LogP contribution in [0.1, 0.15) is 19.8 Å². The maximum Gasteiger partial charge on any atom is 0.236 e. The highest BCUT2D eigenvalue weighted by atomic mass is 16.4. The second-order valence-corrected chi connectivity index (χ2v) is 5.79. The van der Waals surface area contributed by atoms with Crippen molar-refractivity contribution in [3.05, 3.63) is 0 Å². The molecule has 1 saturated heterocycles. The molecule has 6 nitrogen and oxygen atoms in total. The molecule has 18 heavy (non-hydrogen) atoms. The van der Waals surface area contributed by atoms with Gasteiger partial charge < -0.3 is 20.7 Å². The van der Waals surface area contributed by atoms with Gasteiger partial charge in [-0.1, -0.05) is 12.1 Å². The molecule has 2 aliphatic rings. The predicted molar refractivity (Wildman–Crippen MR) is 68.3 cm³/mol. The molecule has 2 rings (SSSR count). The third kappa shape index (κ3) is 1.94. The number of nitrogens with zero attached hydrogens (tertiary/aromatic N) is 3. The zero-order valence-electron chi connectivity index (χ0n) is 11.3. The van der Waals surface area contributed by atoms with Gasteiger partial charge in [-0.2, -0.15) is 0 Å². The molecule has 0 aromatic heterocycles. The van der Waals surface area contributed by atoms with E-state index in [-0.39, 0.29) is 11.7 Å². The molecule has 6 heteroatoms. The van der Waals surface area contributed by atoms with E-state index < -0.39 is 5.41 Å². The van der Waals surface area contributed by atoms with Gasteiger partial charge in [-0.25, -0.2) is 0 Å². The molecule has 2 fully saturated rings. The summed E-state index contributed by atoms with van der Waals surface area (Å²) in [7, 11) is 4.07. The number of carbonyl (C=O) groups is 1. The summed E-state index contributed by atoms with van der Waals surface area (Å²) in [4.78, 5) is 16.5. The fraction of sp³-hybridized carbons (Fsp3) is 0.833. The molecule has 1 heterocycles. The van der Waals surface area contributed by atoms with Crippen molar-refractivity contribution in [2.45, 2.75) is 25.8 Å². The van der Waals surface area contributed by atoms with E-state index in [2.05, 4.69) is 17.0 Å². The van der Waals surface area contributed by atoms with Gasteiger partial charge in [0, 0.05) is 19.1 Å². The molecule has 0 bridgehead atoms. The molecule has 1 aliphatic carbocycles. The molecule has 1 saturated carbocycles. The maximum atomic E-state index is 12.5. The van der Waals surface area contributed by atoms with Crippen molar-refractivity contribution in [2.75, 3.05) is 27.2 Å². The maximum absolute atomic E-state index is 12.5. The predicted octanol–water partition coefficient (Wildman–Crippen LogP) is -0.0785. The van der Waals surface area contributed by atoms with Crippen LogP contribution < -0.4 is 5.73 Å². The minimum absolute atomic E-state index is 0.0222. The minimum Gasteiger partial charge on any atom is -0.409 e. The number of amides is 1. The molecule has 0 radical (unpaired) electrons. The number of hydrogen-bond acceptors (Lipinski definition) is 4. The summed E-state index contributed by atoms with van der Waals surface area (Å²) in [6, 6.07) is 0.386. The molecule has 2 unspecified atom stereocenters. The molecule has 102 valence electrons. The topological polar surface area (TPSA) is 82.2 Å². The summed E-state index contributed by atoms with van der Waals surface area (Å²) >= 11 is 0. The zero-order chi connectivity index (χ0) is 13.5. The average molecular weight is 254 g/mol. The summed E-state index contributed by atoms with van der Waals surface area (Å²) in [5.41, 5.74) is 4.94. The number of oxime groups is 1. The number of likely N-dealkylation sites (N-methyl/N-ethyl adjacent to an activating group) is 1. The van der Waals surface area contributed by atoms with Gasteiger partial charge in [-0.15, -0.1) is 0 Å². The van der Waals surface area contributed by atoms with Gasteiger partial charge >= 0.3 is 0 Å². The first-order valence-electron chi connectivity index (χ1n) is 6.36. The summed E-state index contributed by atoms with van der Waals surface area (Å²) in [6.07, 6.45) is 1.39. The Morgan fingerprint density at radius 2 is 2.06 bits per heavy atom. The first-order valence-corrected chi connectivity index (χ1v) is 6.36. The van der Waals surface area contributed by atoms with Crippen LogP contribution in [0.4, 0.5) is 0 Å². The normalized spacial score (nSPS) is 30.9. The Morgan fingerprint density at radius 1 is 1.44 bits per heavy atom. The minimum atomic E-state index is -0.713. The molecule has 1 amide bonds. The Labute approximate surface area is 107 Å². The Hall–Kier alpha value is -1.30. The highest BCUT2D eigenvalue weighted by Gasteiger charge is 2.56. The quantitative estimate of drug-likeness (QED) is 0.319. The van der Waals surface area contributed by atoms with Crippen molar-refractivity contribution < 1.29 is 10.0 Å². The Balaban J connectivity index is 2.08. The van der Waals surface area contributed by atoms with Crippen molar-refractivity contribution in [3.8, 4) is 0 Å². The van der Waals surface area contributed by atoms with Crippen molar-refractivity contribution in [1.29, 1.82) is 0 Å². The van der Waals surface area contributed by atoms with Crippen LogP contribution in [0.25, 0.3) is 0 Å². The lowest BCUT2D eigenvalue weighted by Gasteiger charge is -2.24. The molecule has 0 spiro atoms. The smallest absolute Gasteiger partial charge is 0.236 e. The number of amidine groups is 1. The average Bonchev–Trinajstić information content (AvgIpc) is 3.05. The van der Waals surface area contributed by atoms with E-state index >= 15 is 0 Å². The lowest BCUT2D eigenvalue weighted by atomic mass is 10.0. The lowest BCUT2D eigenvalue weighted by Crippen LogP contribution is -2.43. The largest absolute Gasteiger partial charge is 0.409 e. The number of likely N-dealkylation sites (tertiary alicyclic amines) is 1. The molecule has 0 aromatic rings. The summed E-state index contributed by atoms with van der Waals surface area (Å²) in [6.45, 7) is 3.64. The van der Waals surface area contributed by atoms with Gasteiger partial charge in [-0.05, 0) is 32.9 Å². The Kier molecular flexibility index (Phi) is 3.23. The van der Waals surface area contributed by atoms with Crippen LogP contribution in [-0.2, 0) is 4.79 Å². The van der Waals surface area contributed by atoms with E-state index in [1.54, 1.807) is 0 Å². The van der Waals surface area contributed by atoms with Gasteiger partial charge in [-0.3, -0.25) is 4.79 Å². The second-order valence-electron chi connectivity index (χ2n) is 5.79. The fourth-order valence-corrected chi connectivity index (χ4v) is 2.89. The zero-order valence-corrected chi connectivity index (χ0v) is 11.3. The highest BCUT2D eigenvalue weighted by molar-refractivity contribution is 6.09. The van der Waals surface area contributed by atoms with E-state index in [4.69, 9.17) is 10.9 Å². The van der Waals surface area contributed by atoms with Gasteiger partial charge in [0.15, 0.2) is 5.84 Å². The SMILES string of the molecule is CC1CN(C(=O)C2(C(N)=NO)CC2)CC1N(C)C. The number of hydrogen-bond donors (Lipinski definition) is 2. The van der Waals surface area contributed by atoms with Crippen LogP contribution in [0.2, 0.25) is 0 Å². The lowest BCUT2D eigenvalue weighted by molar-refractivity contribution is -0.133. The Morgan fingerprint density at radius 3 is 2.44 bits per heavy atom. The van der Waals surface area contributed by atoms with Gasteiger partial charge in [0.1, 0.15) is 5.41 Å². The van der Waals surface area contributed by atoms with E-state index in [1.807, 2.05) is 19.0 Å². The summed E-state index contributed by atoms with van der Waals surface area (Å²) in [5, 5.41) is 11.8. The van der Waals surface area contributed by atoms with Crippen LogP contribution in [0.15, 0.2) is 5.16 Å². The molecule has 3 N–H and O–H groups in total. The fourth-order valence-electron chi connectivity index (χ4n) is 2.89. The van der Waals surface area contributed by atoms with Gasteiger partial charge in [0.25, 0.3) is 0 Å². The van der Waals surface area contributed by atoms with Crippen LogP contribution in [-0.4, -0.2) is 60.0 Å². The van der Waals surface area contributed by atoms with Crippen LogP contribution in [0, 0.1) is 11.3 Å². The summed E-state index contributed by atoms with van der Waals surface area (Å²) in [5.74, 6) is 0.537. The van der Waals surface area contributed by atoms with E-state index in [1.165, 1.54) is 0 Å². The number of nitrogens with two attached hydrogens (primary N) is 1. The van der Waals surface area contributed by atoms with E-state index in [0.29, 0.717) is 24.8 Å². The molecule has 0 aromatic carbocycles. The highest BCUT2D eigenvalue weighted by Crippen LogP contribution is 2.48. The molecular weight excluding hydrogens is 232 g/mol. The van der Waals surface area contributed by atoms with Crippen molar-refractivity contribution in [3.63, 3.8) is 0 Å². The summed E-state index contributed by atoms with van der Waals surface area (Å²) < 4.78 is 0. The van der Waals surface area contributed by atoms with Crippen molar-refractivity contribution >= 4 is 11.7 Å². The Bertz CT molecular complexity index is 376. The van der Waals surface area contributed by atoms with E-state index in [9.17, 15) is 4.79 Å². The standard InChI is InChI=1S/C12H22N4O2/c1-8-6-16(7-9(8)15(2)3)11(17)12(4-5-12)10(13)14-18/h8-9,18H,4-7H2,1-3H3,(H2,13,14). The molecule has 1 aliphatic heterocycles. The third-order valence-corrected chi connectivity index (χ3v) is 4.28. The second kappa shape index (κ2) is 4.42. The van der Waals surface area contributed by atoms with E-state index in [0.717, 1.165) is 13.1 Å². The van der Waals surface area contributed by atoms with Crippen LogP contribution in [0.5, 0.6) is 0 Å². The van der Waals surface area contributed by atoms with Crippen LogP contribution in [0.3, 0.4) is 0 Å². The first-order chi connectivity index (χ1) is 8.42.